The van der Waals surface area contributed by atoms with E-state index < -0.39 is 40.1 Å². The van der Waals surface area contributed by atoms with Crippen molar-refractivity contribution in [2.75, 3.05) is 20.3 Å². The lowest BCUT2D eigenvalue weighted by Crippen LogP contribution is -2.52. The van der Waals surface area contributed by atoms with E-state index in [1.807, 2.05) is 61.5 Å². The number of aliphatic hydroxyl groups is 1. The van der Waals surface area contributed by atoms with Gasteiger partial charge >= 0.3 is 6.09 Å². The Morgan fingerprint density at radius 2 is 1.59 bits per heavy atom. The number of nitrogens with one attached hydrogen (secondary N) is 1. The summed E-state index contributed by atoms with van der Waals surface area (Å²) in [5.41, 5.74) is 1.94. The third kappa shape index (κ3) is 12.9. The Hall–Kier alpha value is -3.74. The number of hydrogen-bond acceptors (Lipinski definition) is 9. The minimum absolute atomic E-state index is 0.00642. The van der Waals surface area contributed by atoms with E-state index in [9.17, 15) is 18.3 Å². The molecule has 0 aliphatic carbocycles. The molecule has 0 aliphatic rings. The molecule has 3 atom stereocenters. The highest BCUT2D eigenvalue weighted by molar-refractivity contribution is 7.86. The summed E-state index contributed by atoms with van der Waals surface area (Å²) in [7, 11) is -2.33. The van der Waals surface area contributed by atoms with E-state index in [1.54, 1.807) is 46.1 Å². The number of benzene rings is 3. The van der Waals surface area contributed by atoms with E-state index in [0.717, 1.165) is 22.4 Å². The number of carbonyl (C=O) groups excluding carboxylic acids is 1. The zero-order valence-electron chi connectivity index (χ0n) is 27.0. The number of amides is 1. The number of carbonyl (C=O) groups is 1. The fourth-order valence-corrected chi connectivity index (χ4v) is 5.19. The summed E-state index contributed by atoms with van der Waals surface area (Å²) in [6.07, 6.45) is 0.441. The lowest BCUT2D eigenvalue weighted by Gasteiger charge is -2.31. The van der Waals surface area contributed by atoms with Crippen LogP contribution in [0.1, 0.15) is 43.9 Å². The quantitative estimate of drug-likeness (QED) is 0.107. The second-order valence-electron chi connectivity index (χ2n) is 11.7. The summed E-state index contributed by atoms with van der Waals surface area (Å²) < 4.78 is 53.1. The number of aryl methyl sites for hydroxylation is 1. The summed E-state index contributed by atoms with van der Waals surface area (Å²) in [5, 5.41) is 14.1. The smallest absolute Gasteiger partial charge is 0.408 e. The monoisotopic (exact) mass is 655 g/mol. The minimum atomic E-state index is -3.92. The van der Waals surface area contributed by atoms with Crippen molar-refractivity contribution in [2.45, 2.75) is 76.1 Å². The van der Waals surface area contributed by atoms with Gasteiger partial charge in [0.15, 0.2) is 0 Å². The highest BCUT2D eigenvalue weighted by atomic mass is 32.2. The number of hydrogen-bond donors (Lipinski definition) is 2. The van der Waals surface area contributed by atoms with Gasteiger partial charge in [0.25, 0.3) is 10.1 Å². The molecule has 0 bridgehead atoms. The van der Waals surface area contributed by atoms with Crippen LogP contribution in [0.5, 0.6) is 5.75 Å². The van der Waals surface area contributed by atoms with Gasteiger partial charge in [0, 0.05) is 0 Å². The maximum absolute atomic E-state index is 12.9. The van der Waals surface area contributed by atoms with Crippen LogP contribution in [0.25, 0.3) is 0 Å². The maximum atomic E-state index is 12.9. The first-order valence-electron chi connectivity index (χ1n) is 15.0. The topological polar surface area (TPSA) is 130 Å². The second kappa shape index (κ2) is 17.8. The van der Waals surface area contributed by atoms with Crippen LogP contribution >= 0.6 is 0 Å². The van der Waals surface area contributed by atoms with Gasteiger partial charge in [-0.05, 0) is 69.5 Å². The van der Waals surface area contributed by atoms with Crippen LogP contribution in [0, 0.1) is 6.92 Å². The number of methoxy groups -OCH3 is 1. The third-order valence-electron chi connectivity index (χ3n) is 6.61. The van der Waals surface area contributed by atoms with Crippen molar-refractivity contribution in [1.29, 1.82) is 0 Å². The standard InChI is InChI=1S/C35H45NO9S/c1-26-14-20-30(21-15-26)46(39,40)44-22-10-9-13-32(37)33(43-24-27-11-7-6-8-12-27)31(36-34(38)45-35(2,3)4)25-42-23-28-16-18-29(41-5)19-17-28/h6-9,11-21,31-33,37H,10,22-25H2,1-5H3,(H,36,38)/b13-9+/t31-,32+,33+/m1/s1. The number of rotatable bonds is 17. The van der Waals surface area contributed by atoms with Gasteiger partial charge in [0.05, 0.1) is 44.5 Å². The van der Waals surface area contributed by atoms with E-state index in [-0.39, 0.29) is 37.7 Å². The summed E-state index contributed by atoms with van der Waals surface area (Å²) in [6, 6.07) is 22.4. The average molecular weight is 656 g/mol. The molecule has 0 spiro atoms. The van der Waals surface area contributed by atoms with Gasteiger partial charge in [-0.25, -0.2) is 4.79 Å². The molecule has 0 unspecified atom stereocenters. The van der Waals surface area contributed by atoms with Gasteiger partial charge in [-0.1, -0.05) is 72.3 Å². The molecule has 10 nitrogen and oxygen atoms in total. The molecular formula is C35H45NO9S. The van der Waals surface area contributed by atoms with Gasteiger partial charge in [-0.3, -0.25) is 4.18 Å². The average Bonchev–Trinajstić information content (AvgIpc) is 3.01. The predicted molar refractivity (Wildman–Crippen MR) is 175 cm³/mol. The van der Waals surface area contributed by atoms with E-state index in [4.69, 9.17) is 23.1 Å². The van der Waals surface area contributed by atoms with E-state index in [1.165, 1.54) is 18.2 Å². The van der Waals surface area contributed by atoms with Gasteiger partial charge < -0.3 is 29.4 Å². The Kier molecular flexibility index (Phi) is 14.2. The van der Waals surface area contributed by atoms with Crippen LogP contribution in [0.4, 0.5) is 4.79 Å². The Morgan fingerprint density at radius 1 is 0.935 bits per heavy atom. The first kappa shape index (κ1) is 36.7. The van der Waals surface area contributed by atoms with Crippen molar-refractivity contribution in [3.63, 3.8) is 0 Å². The molecule has 3 aromatic carbocycles. The Morgan fingerprint density at radius 3 is 2.22 bits per heavy atom. The Balaban J connectivity index is 1.73. The first-order valence-corrected chi connectivity index (χ1v) is 16.4. The fraction of sp³-hybridized carbons (Fsp3) is 0.400. The third-order valence-corrected chi connectivity index (χ3v) is 7.94. The molecule has 0 aliphatic heterocycles. The largest absolute Gasteiger partial charge is 0.497 e. The zero-order chi connectivity index (χ0) is 33.6. The Bertz CT molecular complexity index is 1470. The van der Waals surface area contributed by atoms with E-state index in [0.29, 0.717) is 0 Å². The molecular weight excluding hydrogens is 610 g/mol. The van der Waals surface area contributed by atoms with Gasteiger partial charge in [-0.2, -0.15) is 8.42 Å². The molecule has 0 saturated heterocycles. The van der Waals surface area contributed by atoms with Crippen LogP contribution in [-0.2, 0) is 41.7 Å². The lowest BCUT2D eigenvalue weighted by atomic mass is 10.0. The zero-order valence-corrected chi connectivity index (χ0v) is 27.9. The molecule has 0 saturated carbocycles. The number of ether oxygens (including phenoxy) is 4. The van der Waals surface area contributed by atoms with E-state index in [2.05, 4.69) is 5.32 Å². The molecule has 3 rings (SSSR count). The summed E-state index contributed by atoms with van der Waals surface area (Å²) in [5.74, 6) is 0.718. The van der Waals surface area contributed by atoms with Crippen molar-refractivity contribution >= 4 is 16.2 Å². The molecule has 0 heterocycles. The normalized spacial score (nSPS) is 14.0. The SMILES string of the molecule is COc1ccc(COC[C@@H](NC(=O)OC(C)(C)C)[C@H](OCc2ccccc2)[C@@H](O)/C=C/CCOS(=O)(=O)c2ccc(C)cc2)cc1. The molecule has 3 aromatic rings. The second-order valence-corrected chi connectivity index (χ2v) is 13.3. The van der Waals surface area contributed by atoms with Crippen molar-refractivity contribution in [3.05, 3.63) is 108 Å². The Labute approximate surface area is 272 Å². The van der Waals surface area contributed by atoms with E-state index >= 15 is 0 Å². The van der Waals surface area contributed by atoms with Gasteiger partial charge in [0.1, 0.15) is 23.6 Å². The van der Waals surface area contributed by atoms with Crippen LogP contribution < -0.4 is 10.1 Å². The van der Waals surface area contributed by atoms with Crippen molar-refractivity contribution < 1.29 is 41.4 Å². The molecule has 11 heteroatoms. The highest BCUT2D eigenvalue weighted by Gasteiger charge is 2.31. The van der Waals surface area contributed by atoms with Crippen LogP contribution in [-0.4, -0.2) is 63.8 Å². The summed E-state index contributed by atoms with van der Waals surface area (Å²) in [4.78, 5) is 12.9. The first-order chi connectivity index (χ1) is 21.9. The molecule has 2 N–H and O–H groups in total. The maximum Gasteiger partial charge on any atom is 0.408 e. The number of aliphatic hydroxyl groups excluding tert-OH is 1. The summed E-state index contributed by atoms with van der Waals surface area (Å²) in [6.45, 7) is 7.38. The van der Waals surface area contributed by atoms with Crippen LogP contribution in [0.3, 0.4) is 0 Å². The molecule has 0 radical (unpaired) electrons. The predicted octanol–water partition coefficient (Wildman–Crippen LogP) is 5.71. The number of alkyl carbamates (subject to hydrolysis) is 1. The molecule has 1 amide bonds. The fourth-order valence-electron chi connectivity index (χ4n) is 4.27. The molecule has 0 aromatic heterocycles. The molecule has 0 fully saturated rings. The van der Waals surface area contributed by atoms with Gasteiger partial charge in [-0.15, -0.1) is 0 Å². The molecule has 46 heavy (non-hydrogen) atoms. The lowest BCUT2D eigenvalue weighted by molar-refractivity contribution is -0.0662. The van der Waals surface area contributed by atoms with Crippen molar-refractivity contribution in [1.82, 2.24) is 5.32 Å². The minimum Gasteiger partial charge on any atom is -0.497 e. The van der Waals surface area contributed by atoms with Crippen molar-refractivity contribution in [2.24, 2.45) is 0 Å². The summed E-state index contributed by atoms with van der Waals surface area (Å²) >= 11 is 0. The van der Waals surface area contributed by atoms with Gasteiger partial charge in [0.2, 0.25) is 0 Å². The van der Waals surface area contributed by atoms with Crippen LogP contribution in [0.2, 0.25) is 0 Å². The highest BCUT2D eigenvalue weighted by Crippen LogP contribution is 2.17. The van der Waals surface area contributed by atoms with Crippen LogP contribution in [0.15, 0.2) is 95.9 Å². The van der Waals surface area contributed by atoms with Crippen molar-refractivity contribution in [3.8, 4) is 5.75 Å². The molecule has 250 valence electrons.